The van der Waals surface area contributed by atoms with E-state index in [0.717, 1.165) is 39.0 Å². The highest BCUT2D eigenvalue weighted by Crippen LogP contribution is 2.53. The second-order valence-corrected chi connectivity index (χ2v) is 8.39. The minimum absolute atomic E-state index is 0.117. The highest BCUT2D eigenvalue weighted by atomic mass is 16.6. The molecule has 5 atom stereocenters. The van der Waals surface area contributed by atoms with Crippen molar-refractivity contribution in [3.8, 4) is 0 Å². The Morgan fingerprint density at radius 1 is 1.00 bits per heavy atom. The summed E-state index contributed by atoms with van der Waals surface area (Å²) in [6.07, 6.45) is 1.70. The van der Waals surface area contributed by atoms with Gasteiger partial charge in [0.2, 0.25) is 5.91 Å². The Balaban J connectivity index is 1.34. The lowest BCUT2D eigenvalue weighted by Gasteiger charge is -2.49. The number of likely N-dealkylation sites (tertiary alicyclic amines) is 1. The number of ether oxygens (including phenoxy) is 2. The van der Waals surface area contributed by atoms with Crippen LogP contribution in [0.15, 0.2) is 0 Å². The maximum Gasteiger partial charge on any atom is 0.410 e. The highest BCUT2D eigenvalue weighted by Gasteiger charge is 2.61. The molecule has 0 aromatic rings. The fraction of sp³-hybridized carbons (Fsp3) is 0.900. The summed E-state index contributed by atoms with van der Waals surface area (Å²) in [6, 6.07) is 0.727. The topological polar surface area (TPSA) is 62.3 Å². The molecule has 2 bridgehead atoms. The predicted octanol–water partition coefficient (Wildman–Crippen LogP) is 1.42. The Kier molecular flexibility index (Phi) is 5.34. The first-order chi connectivity index (χ1) is 13.1. The Morgan fingerprint density at radius 3 is 2.11 bits per heavy atom. The Morgan fingerprint density at radius 2 is 1.59 bits per heavy atom. The summed E-state index contributed by atoms with van der Waals surface area (Å²) >= 11 is 0. The largest absolute Gasteiger partial charge is 0.450 e. The van der Waals surface area contributed by atoms with Crippen LogP contribution in [-0.4, -0.2) is 90.8 Å². The van der Waals surface area contributed by atoms with Crippen molar-refractivity contribution >= 4 is 12.0 Å². The standard InChI is InChI=1S/C20H33N3O4/c1-4-21(5-2)19(24)18-16-9-22(10-17(16)18)13-7-14-11-26-12-15(8-13)23(14)20(25)27-6-3/h13-18H,4-12H2,1-3H3/t13?,14?,15?,16-,17+,18-. The molecule has 0 aromatic carbocycles. The molecule has 2 unspecified atom stereocenters. The van der Waals surface area contributed by atoms with Crippen molar-refractivity contribution in [1.82, 2.24) is 14.7 Å². The molecule has 0 spiro atoms. The smallest absolute Gasteiger partial charge is 0.410 e. The third-order valence-corrected chi connectivity index (χ3v) is 7.07. The van der Waals surface area contributed by atoms with Crippen LogP contribution in [0.2, 0.25) is 0 Å². The Bertz CT molecular complexity index is 556. The molecular weight excluding hydrogens is 346 g/mol. The van der Waals surface area contributed by atoms with Gasteiger partial charge in [-0.3, -0.25) is 14.6 Å². The van der Waals surface area contributed by atoms with Crippen LogP contribution in [0.5, 0.6) is 0 Å². The van der Waals surface area contributed by atoms with Crippen LogP contribution in [0.25, 0.3) is 0 Å². The summed E-state index contributed by atoms with van der Waals surface area (Å²) in [7, 11) is 0. The van der Waals surface area contributed by atoms with Gasteiger partial charge in [-0.25, -0.2) is 4.79 Å². The molecule has 3 aliphatic heterocycles. The van der Waals surface area contributed by atoms with Crippen molar-refractivity contribution < 1.29 is 19.1 Å². The van der Waals surface area contributed by atoms with E-state index in [2.05, 4.69) is 18.7 Å². The lowest BCUT2D eigenvalue weighted by atomic mass is 9.89. The van der Waals surface area contributed by atoms with E-state index in [-0.39, 0.29) is 24.1 Å². The monoisotopic (exact) mass is 379 g/mol. The molecule has 3 heterocycles. The number of hydrogen-bond acceptors (Lipinski definition) is 5. The SMILES string of the molecule is CCOC(=O)N1C2COCC1CC(N1C[C@@H]3[C@H](C1)[C@@H]3C(=O)N(CC)CC)C2. The molecule has 27 heavy (non-hydrogen) atoms. The van der Waals surface area contributed by atoms with Crippen LogP contribution in [0.1, 0.15) is 33.6 Å². The molecule has 0 N–H and O–H groups in total. The zero-order valence-corrected chi connectivity index (χ0v) is 16.8. The normalized spacial score (nSPS) is 37.7. The Labute approximate surface area is 161 Å². The van der Waals surface area contributed by atoms with Gasteiger partial charge in [0.25, 0.3) is 0 Å². The van der Waals surface area contributed by atoms with Gasteiger partial charge in [-0.15, -0.1) is 0 Å². The van der Waals surface area contributed by atoms with E-state index in [9.17, 15) is 9.59 Å². The number of piperidine rings is 2. The van der Waals surface area contributed by atoms with Gasteiger partial charge < -0.3 is 14.4 Å². The molecule has 4 aliphatic rings. The molecule has 0 aromatic heterocycles. The number of carbonyl (C=O) groups excluding carboxylic acids is 2. The van der Waals surface area contributed by atoms with Gasteiger partial charge in [-0.1, -0.05) is 0 Å². The van der Waals surface area contributed by atoms with Crippen molar-refractivity contribution in [3.63, 3.8) is 0 Å². The fourth-order valence-electron chi connectivity index (χ4n) is 5.65. The molecule has 4 fully saturated rings. The average molecular weight is 380 g/mol. The summed E-state index contributed by atoms with van der Waals surface area (Å²) in [6.45, 7) is 11.3. The molecule has 7 nitrogen and oxygen atoms in total. The van der Waals surface area contributed by atoms with Crippen LogP contribution in [-0.2, 0) is 14.3 Å². The van der Waals surface area contributed by atoms with Gasteiger partial charge >= 0.3 is 6.09 Å². The quantitative estimate of drug-likeness (QED) is 0.723. The molecule has 152 valence electrons. The fourth-order valence-corrected chi connectivity index (χ4v) is 5.65. The first-order valence-electron chi connectivity index (χ1n) is 10.6. The molecule has 3 saturated heterocycles. The van der Waals surface area contributed by atoms with Crippen LogP contribution < -0.4 is 0 Å². The van der Waals surface area contributed by atoms with E-state index in [1.165, 1.54) is 0 Å². The summed E-state index contributed by atoms with van der Waals surface area (Å²) in [5.41, 5.74) is 0. The van der Waals surface area contributed by atoms with E-state index in [1.54, 1.807) is 0 Å². The van der Waals surface area contributed by atoms with Gasteiger partial charge in [0, 0.05) is 38.1 Å². The van der Waals surface area contributed by atoms with Crippen LogP contribution in [0, 0.1) is 17.8 Å². The number of nitrogens with zero attached hydrogens (tertiary/aromatic N) is 3. The third kappa shape index (κ3) is 3.33. The third-order valence-electron chi connectivity index (χ3n) is 7.07. The number of fused-ring (bicyclic) bond motifs is 3. The molecule has 7 heteroatoms. The summed E-state index contributed by atoms with van der Waals surface area (Å²) in [4.78, 5) is 31.4. The number of morpholine rings is 1. The zero-order chi connectivity index (χ0) is 19.1. The van der Waals surface area contributed by atoms with Crippen LogP contribution >= 0.6 is 0 Å². The first kappa shape index (κ1) is 19.0. The highest BCUT2D eigenvalue weighted by molar-refractivity contribution is 5.82. The van der Waals surface area contributed by atoms with E-state index in [1.807, 2.05) is 16.7 Å². The minimum Gasteiger partial charge on any atom is -0.450 e. The lowest BCUT2D eigenvalue weighted by molar-refractivity contribution is -0.133. The summed E-state index contributed by atoms with van der Waals surface area (Å²) in [5, 5.41) is 0. The van der Waals surface area contributed by atoms with E-state index < -0.39 is 0 Å². The molecule has 1 aliphatic carbocycles. The number of rotatable bonds is 5. The number of amides is 2. The molecule has 4 rings (SSSR count). The molecule has 2 amide bonds. The van der Waals surface area contributed by atoms with Crippen molar-refractivity contribution in [2.45, 2.75) is 51.7 Å². The van der Waals surface area contributed by atoms with Crippen molar-refractivity contribution in [2.24, 2.45) is 17.8 Å². The number of hydrogen-bond donors (Lipinski definition) is 0. The van der Waals surface area contributed by atoms with Gasteiger partial charge in [-0.2, -0.15) is 0 Å². The zero-order valence-electron chi connectivity index (χ0n) is 16.8. The minimum atomic E-state index is -0.191. The predicted molar refractivity (Wildman–Crippen MR) is 100 cm³/mol. The van der Waals surface area contributed by atoms with Gasteiger partial charge in [0.1, 0.15) is 0 Å². The van der Waals surface area contributed by atoms with Crippen molar-refractivity contribution in [2.75, 3.05) is 46.0 Å². The average Bonchev–Trinajstić information content (AvgIpc) is 3.15. The van der Waals surface area contributed by atoms with Crippen molar-refractivity contribution in [1.29, 1.82) is 0 Å². The van der Waals surface area contributed by atoms with E-state index in [4.69, 9.17) is 9.47 Å². The van der Waals surface area contributed by atoms with Crippen LogP contribution in [0.3, 0.4) is 0 Å². The molecule has 1 saturated carbocycles. The van der Waals surface area contributed by atoms with E-state index >= 15 is 0 Å². The molecular formula is C20H33N3O4. The van der Waals surface area contributed by atoms with Gasteiger partial charge in [-0.05, 0) is 45.4 Å². The summed E-state index contributed by atoms with van der Waals surface area (Å²) < 4.78 is 11.0. The molecule has 0 radical (unpaired) electrons. The first-order valence-corrected chi connectivity index (χ1v) is 10.6. The summed E-state index contributed by atoms with van der Waals surface area (Å²) in [5.74, 6) is 1.69. The maximum atomic E-state index is 12.6. The van der Waals surface area contributed by atoms with Crippen molar-refractivity contribution in [3.05, 3.63) is 0 Å². The van der Waals surface area contributed by atoms with E-state index in [0.29, 0.717) is 43.6 Å². The van der Waals surface area contributed by atoms with Crippen LogP contribution in [0.4, 0.5) is 4.79 Å². The van der Waals surface area contributed by atoms with Gasteiger partial charge in [0.15, 0.2) is 0 Å². The second-order valence-electron chi connectivity index (χ2n) is 8.39. The van der Waals surface area contributed by atoms with Gasteiger partial charge in [0.05, 0.1) is 31.9 Å². The Hall–Kier alpha value is -1.34. The maximum absolute atomic E-state index is 12.6. The number of carbonyl (C=O) groups is 2. The lowest BCUT2D eigenvalue weighted by Crippen LogP contribution is -2.62. The second kappa shape index (κ2) is 7.59.